The minimum Gasteiger partial charge on any atom is -0.392 e. The van der Waals surface area contributed by atoms with E-state index in [9.17, 15) is 10.2 Å². The first kappa shape index (κ1) is 9.01. The molecule has 3 atom stereocenters. The van der Waals surface area contributed by atoms with E-state index in [4.69, 9.17) is 0 Å². The van der Waals surface area contributed by atoms with Crippen molar-refractivity contribution < 1.29 is 10.2 Å². The number of hydrogen-bond donors (Lipinski definition) is 2. The van der Waals surface area contributed by atoms with Crippen LogP contribution in [0.3, 0.4) is 0 Å². The van der Waals surface area contributed by atoms with Crippen molar-refractivity contribution in [1.29, 1.82) is 0 Å². The Morgan fingerprint density at radius 1 is 1.27 bits per heavy atom. The van der Waals surface area contributed by atoms with Gasteiger partial charge in [-0.1, -0.05) is 20.3 Å². The van der Waals surface area contributed by atoms with E-state index in [2.05, 4.69) is 6.92 Å². The molecule has 1 aliphatic carbocycles. The molecule has 0 aromatic rings. The lowest BCUT2D eigenvalue weighted by Gasteiger charge is -2.31. The van der Waals surface area contributed by atoms with Gasteiger partial charge in [-0.15, -0.1) is 0 Å². The molecule has 2 nitrogen and oxygen atoms in total. The van der Waals surface area contributed by atoms with Gasteiger partial charge in [-0.25, -0.2) is 0 Å². The molecule has 1 fully saturated rings. The summed E-state index contributed by atoms with van der Waals surface area (Å²) in [4.78, 5) is 0. The fraction of sp³-hybridized carbons (Fsp3) is 1.00. The molecular formula is C9H18O2. The van der Waals surface area contributed by atoms with Gasteiger partial charge in [0, 0.05) is 5.41 Å². The molecule has 0 radical (unpaired) electrons. The van der Waals surface area contributed by atoms with Gasteiger partial charge in [0.05, 0.1) is 12.2 Å². The largest absolute Gasteiger partial charge is 0.392 e. The summed E-state index contributed by atoms with van der Waals surface area (Å²) in [5.41, 5.74) is -0.227. The summed E-state index contributed by atoms with van der Waals surface area (Å²) >= 11 is 0. The highest BCUT2D eigenvalue weighted by molar-refractivity contribution is 4.94. The van der Waals surface area contributed by atoms with Crippen molar-refractivity contribution in [2.24, 2.45) is 5.41 Å². The zero-order valence-corrected chi connectivity index (χ0v) is 7.38. The molecule has 0 saturated heterocycles. The van der Waals surface area contributed by atoms with Crippen LogP contribution in [0.1, 0.15) is 39.5 Å². The summed E-state index contributed by atoms with van der Waals surface area (Å²) in [6, 6.07) is 0. The molecule has 0 spiro atoms. The maximum Gasteiger partial charge on any atom is 0.0619 e. The molecule has 2 N–H and O–H groups in total. The lowest BCUT2D eigenvalue weighted by molar-refractivity contribution is -0.0167. The van der Waals surface area contributed by atoms with E-state index in [-0.39, 0.29) is 17.6 Å². The van der Waals surface area contributed by atoms with E-state index >= 15 is 0 Å². The first-order valence-corrected chi connectivity index (χ1v) is 4.47. The zero-order chi connectivity index (χ0) is 8.48. The van der Waals surface area contributed by atoms with Gasteiger partial charge in [-0.3, -0.25) is 0 Å². The number of aliphatic hydroxyl groups excluding tert-OH is 2. The molecule has 1 rings (SSSR count). The number of rotatable bonds is 2. The molecular weight excluding hydrogens is 140 g/mol. The van der Waals surface area contributed by atoms with E-state index in [1.807, 2.05) is 6.92 Å². The quantitative estimate of drug-likeness (QED) is 0.636. The molecule has 1 aliphatic rings. The van der Waals surface area contributed by atoms with Crippen molar-refractivity contribution in [2.45, 2.75) is 51.7 Å². The van der Waals surface area contributed by atoms with Crippen molar-refractivity contribution in [2.75, 3.05) is 0 Å². The molecule has 1 unspecified atom stereocenters. The summed E-state index contributed by atoms with van der Waals surface area (Å²) in [7, 11) is 0. The smallest absolute Gasteiger partial charge is 0.0619 e. The Morgan fingerprint density at radius 2 is 1.73 bits per heavy atom. The van der Waals surface area contributed by atoms with Gasteiger partial charge in [0.1, 0.15) is 0 Å². The van der Waals surface area contributed by atoms with Crippen LogP contribution in [0.25, 0.3) is 0 Å². The predicted molar refractivity (Wildman–Crippen MR) is 44.3 cm³/mol. The van der Waals surface area contributed by atoms with Crippen molar-refractivity contribution in [3.8, 4) is 0 Å². The number of aliphatic hydroxyl groups is 2. The van der Waals surface area contributed by atoms with Crippen molar-refractivity contribution in [1.82, 2.24) is 0 Å². The standard InChI is InChI=1S/C9H18O2/c1-3-6-9(2)7(10)4-5-8(9)11/h7-8,10-11H,3-6H2,1-2H3/t7-,8+,9?. The van der Waals surface area contributed by atoms with Crippen LogP contribution in [0.2, 0.25) is 0 Å². The van der Waals surface area contributed by atoms with Crippen LogP contribution >= 0.6 is 0 Å². The number of hydrogen-bond acceptors (Lipinski definition) is 2. The Morgan fingerprint density at radius 3 is 2.09 bits per heavy atom. The second-order valence-electron chi connectivity index (χ2n) is 3.86. The van der Waals surface area contributed by atoms with Crippen LogP contribution in [0.4, 0.5) is 0 Å². The summed E-state index contributed by atoms with van der Waals surface area (Å²) < 4.78 is 0. The van der Waals surface area contributed by atoms with Crippen LogP contribution in [-0.4, -0.2) is 22.4 Å². The molecule has 0 aromatic heterocycles. The summed E-state index contributed by atoms with van der Waals surface area (Å²) in [5.74, 6) is 0. The molecule has 0 amide bonds. The first-order chi connectivity index (χ1) is 5.11. The van der Waals surface area contributed by atoms with Crippen LogP contribution in [0.15, 0.2) is 0 Å². The normalized spacial score (nSPS) is 44.7. The van der Waals surface area contributed by atoms with Gasteiger partial charge < -0.3 is 10.2 Å². The average molecular weight is 158 g/mol. The Balaban J connectivity index is 2.63. The topological polar surface area (TPSA) is 40.5 Å². The second-order valence-corrected chi connectivity index (χ2v) is 3.86. The average Bonchev–Trinajstić information content (AvgIpc) is 2.19. The van der Waals surface area contributed by atoms with E-state index in [1.54, 1.807) is 0 Å². The lowest BCUT2D eigenvalue weighted by atomic mass is 9.80. The van der Waals surface area contributed by atoms with E-state index < -0.39 is 0 Å². The maximum atomic E-state index is 9.59. The molecule has 11 heavy (non-hydrogen) atoms. The van der Waals surface area contributed by atoms with Crippen LogP contribution in [-0.2, 0) is 0 Å². The van der Waals surface area contributed by atoms with Gasteiger partial charge in [0.2, 0.25) is 0 Å². The Labute approximate surface area is 68.2 Å². The molecule has 0 aliphatic heterocycles. The molecule has 2 heteroatoms. The highest BCUT2D eigenvalue weighted by atomic mass is 16.3. The van der Waals surface area contributed by atoms with Crippen LogP contribution in [0, 0.1) is 5.41 Å². The lowest BCUT2D eigenvalue weighted by Crippen LogP contribution is -2.35. The van der Waals surface area contributed by atoms with E-state index in [0.717, 1.165) is 25.7 Å². The Hall–Kier alpha value is -0.0800. The van der Waals surface area contributed by atoms with E-state index in [1.165, 1.54) is 0 Å². The third kappa shape index (κ3) is 1.42. The predicted octanol–water partition coefficient (Wildman–Crippen LogP) is 1.31. The van der Waals surface area contributed by atoms with Gasteiger partial charge >= 0.3 is 0 Å². The fourth-order valence-corrected chi connectivity index (χ4v) is 2.07. The zero-order valence-electron chi connectivity index (χ0n) is 7.38. The van der Waals surface area contributed by atoms with Gasteiger partial charge in [-0.2, -0.15) is 0 Å². The Kier molecular flexibility index (Phi) is 2.55. The molecule has 0 heterocycles. The Bertz CT molecular complexity index is 124. The van der Waals surface area contributed by atoms with Crippen molar-refractivity contribution in [3.63, 3.8) is 0 Å². The highest BCUT2D eigenvalue weighted by Gasteiger charge is 2.44. The fourth-order valence-electron chi connectivity index (χ4n) is 2.07. The highest BCUT2D eigenvalue weighted by Crippen LogP contribution is 2.41. The minimum atomic E-state index is -0.294. The van der Waals surface area contributed by atoms with E-state index in [0.29, 0.717) is 0 Å². The molecule has 66 valence electrons. The summed E-state index contributed by atoms with van der Waals surface area (Å²) in [5, 5.41) is 19.2. The van der Waals surface area contributed by atoms with Crippen LogP contribution < -0.4 is 0 Å². The van der Waals surface area contributed by atoms with Gasteiger partial charge in [0.15, 0.2) is 0 Å². The van der Waals surface area contributed by atoms with Gasteiger partial charge in [0.25, 0.3) is 0 Å². The maximum absolute atomic E-state index is 9.59. The van der Waals surface area contributed by atoms with Crippen LogP contribution in [0.5, 0.6) is 0 Å². The SMILES string of the molecule is CCCC1(C)[C@H](O)CC[C@@H]1O. The molecule has 1 saturated carbocycles. The third-order valence-electron chi connectivity index (χ3n) is 3.02. The second kappa shape index (κ2) is 3.11. The molecule has 0 bridgehead atoms. The third-order valence-corrected chi connectivity index (χ3v) is 3.02. The van der Waals surface area contributed by atoms with Gasteiger partial charge in [-0.05, 0) is 19.3 Å². The summed E-state index contributed by atoms with van der Waals surface area (Å²) in [6.45, 7) is 4.07. The summed E-state index contributed by atoms with van der Waals surface area (Å²) in [6.07, 6.45) is 2.89. The van der Waals surface area contributed by atoms with Crippen molar-refractivity contribution >= 4 is 0 Å². The van der Waals surface area contributed by atoms with Crippen molar-refractivity contribution in [3.05, 3.63) is 0 Å². The monoisotopic (exact) mass is 158 g/mol. The minimum absolute atomic E-state index is 0.227. The first-order valence-electron chi connectivity index (χ1n) is 4.47. The molecule has 0 aromatic carbocycles.